The van der Waals surface area contributed by atoms with Crippen molar-refractivity contribution < 1.29 is 14.3 Å². The van der Waals surface area contributed by atoms with E-state index in [9.17, 15) is 9.59 Å². The highest BCUT2D eigenvalue weighted by molar-refractivity contribution is 7.18. The van der Waals surface area contributed by atoms with Crippen molar-refractivity contribution in [3.05, 3.63) is 50.9 Å². The fraction of sp³-hybridized carbons (Fsp3) is 0.391. The highest BCUT2D eigenvalue weighted by Gasteiger charge is 2.25. The number of hydrazone groups is 1. The molecule has 9 heteroatoms. The van der Waals surface area contributed by atoms with Crippen LogP contribution in [-0.4, -0.2) is 35.9 Å². The summed E-state index contributed by atoms with van der Waals surface area (Å²) in [4.78, 5) is 32.4. The van der Waals surface area contributed by atoms with Gasteiger partial charge in [0, 0.05) is 16.5 Å². The Labute approximate surface area is 189 Å². The molecule has 1 aromatic carbocycles. The van der Waals surface area contributed by atoms with Crippen molar-refractivity contribution in [1.29, 1.82) is 0 Å². The average Bonchev–Trinajstić information content (AvgIpc) is 3.17. The number of hydrogen-bond donors (Lipinski definition) is 1. The highest BCUT2D eigenvalue weighted by Crippen LogP contribution is 2.35. The summed E-state index contributed by atoms with van der Waals surface area (Å²) in [5.74, 6) is 1.43. The van der Waals surface area contributed by atoms with Gasteiger partial charge in [0.1, 0.15) is 22.4 Å². The van der Waals surface area contributed by atoms with Gasteiger partial charge in [0.05, 0.1) is 32.1 Å². The highest BCUT2D eigenvalue weighted by atomic mass is 32.1. The van der Waals surface area contributed by atoms with Crippen molar-refractivity contribution in [2.45, 2.75) is 39.2 Å². The standard InChI is InChI=1S/C23H26N4O4S/c1-13-5-8-17-19(9-13)32-22-20(17)23(29)27(12-24-22)14(2)21(28)26-25-11-15-6-7-16(30-3)10-18(15)31-4/h6-7,10-14H,5,8-9H2,1-4H3,(H,26,28)/b25-11+/t13-,14-/m1/s1. The lowest BCUT2D eigenvalue weighted by molar-refractivity contribution is -0.123. The van der Waals surface area contributed by atoms with Crippen molar-refractivity contribution in [2.24, 2.45) is 11.0 Å². The zero-order valence-corrected chi connectivity index (χ0v) is 19.4. The molecule has 2 heterocycles. The van der Waals surface area contributed by atoms with Crippen molar-refractivity contribution in [3.63, 3.8) is 0 Å². The van der Waals surface area contributed by atoms with Gasteiger partial charge in [-0.2, -0.15) is 5.10 Å². The fourth-order valence-corrected chi connectivity index (χ4v) is 5.27. The number of benzene rings is 1. The maximum atomic E-state index is 13.2. The molecular formula is C23H26N4O4S. The van der Waals surface area contributed by atoms with Crippen LogP contribution in [0.3, 0.4) is 0 Å². The summed E-state index contributed by atoms with van der Waals surface area (Å²) in [5, 5.41) is 4.69. The number of hydrogen-bond acceptors (Lipinski definition) is 7. The van der Waals surface area contributed by atoms with Crippen LogP contribution in [0.2, 0.25) is 0 Å². The summed E-state index contributed by atoms with van der Waals surface area (Å²) < 4.78 is 11.9. The van der Waals surface area contributed by atoms with Gasteiger partial charge < -0.3 is 9.47 Å². The third kappa shape index (κ3) is 4.12. The smallest absolute Gasteiger partial charge is 0.263 e. The zero-order valence-electron chi connectivity index (χ0n) is 18.5. The molecule has 2 aromatic heterocycles. The predicted octanol–water partition coefficient (Wildman–Crippen LogP) is 3.31. The molecule has 1 aliphatic rings. The number of carbonyl (C=O) groups is 1. The van der Waals surface area contributed by atoms with Crippen LogP contribution in [0.5, 0.6) is 11.5 Å². The van der Waals surface area contributed by atoms with E-state index in [-0.39, 0.29) is 5.56 Å². The van der Waals surface area contributed by atoms with Crippen LogP contribution in [0.4, 0.5) is 0 Å². The monoisotopic (exact) mass is 454 g/mol. The third-order valence-electron chi connectivity index (χ3n) is 5.86. The van der Waals surface area contributed by atoms with Gasteiger partial charge in [-0.3, -0.25) is 14.2 Å². The van der Waals surface area contributed by atoms with E-state index in [4.69, 9.17) is 9.47 Å². The Kier molecular flexibility index (Phi) is 6.27. The predicted molar refractivity (Wildman–Crippen MR) is 125 cm³/mol. The van der Waals surface area contributed by atoms with E-state index in [0.717, 1.165) is 29.7 Å². The first kappa shape index (κ1) is 22.0. The zero-order chi connectivity index (χ0) is 22.8. The summed E-state index contributed by atoms with van der Waals surface area (Å²) in [6.45, 7) is 3.89. The van der Waals surface area contributed by atoms with E-state index in [0.29, 0.717) is 28.4 Å². The molecule has 0 bridgehead atoms. The Hall–Kier alpha value is -3.20. The molecule has 0 saturated carbocycles. The third-order valence-corrected chi connectivity index (χ3v) is 7.02. The van der Waals surface area contributed by atoms with Crippen molar-refractivity contribution in [1.82, 2.24) is 15.0 Å². The van der Waals surface area contributed by atoms with Crippen LogP contribution in [-0.2, 0) is 17.6 Å². The number of methoxy groups -OCH3 is 2. The molecule has 0 fully saturated rings. The number of nitrogens with one attached hydrogen (secondary N) is 1. The van der Waals surface area contributed by atoms with Gasteiger partial charge >= 0.3 is 0 Å². The Bertz CT molecular complexity index is 1250. The topological polar surface area (TPSA) is 94.8 Å². The minimum Gasteiger partial charge on any atom is -0.497 e. The largest absolute Gasteiger partial charge is 0.497 e. The molecule has 1 N–H and O–H groups in total. The number of amides is 1. The Balaban J connectivity index is 1.54. The van der Waals surface area contributed by atoms with Crippen LogP contribution in [0.25, 0.3) is 10.2 Å². The number of thiophene rings is 1. The molecule has 0 unspecified atom stereocenters. The number of carbonyl (C=O) groups excluding carboxylic acids is 1. The van der Waals surface area contributed by atoms with Crippen LogP contribution in [0.1, 0.15) is 42.3 Å². The van der Waals surface area contributed by atoms with Crippen LogP contribution in [0.15, 0.2) is 34.4 Å². The fourth-order valence-electron chi connectivity index (χ4n) is 3.93. The van der Waals surface area contributed by atoms with Crippen molar-refractivity contribution >= 4 is 33.7 Å². The Morgan fingerprint density at radius 3 is 2.94 bits per heavy atom. The quantitative estimate of drug-likeness (QED) is 0.455. The number of nitrogens with zero attached hydrogens (tertiary/aromatic N) is 3. The van der Waals surface area contributed by atoms with Crippen LogP contribution in [0, 0.1) is 5.92 Å². The second kappa shape index (κ2) is 9.12. The summed E-state index contributed by atoms with van der Waals surface area (Å²) >= 11 is 1.59. The van der Waals surface area contributed by atoms with Gasteiger partial charge in [-0.15, -0.1) is 11.3 Å². The molecule has 0 aliphatic heterocycles. The van der Waals surface area contributed by atoms with Gasteiger partial charge in [0.2, 0.25) is 0 Å². The van der Waals surface area contributed by atoms with E-state index in [2.05, 4.69) is 22.4 Å². The first-order valence-electron chi connectivity index (χ1n) is 10.5. The molecule has 1 aliphatic carbocycles. The van der Waals surface area contributed by atoms with E-state index < -0.39 is 11.9 Å². The summed E-state index contributed by atoms with van der Waals surface area (Å²) in [6.07, 6.45) is 5.87. The van der Waals surface area contributed by atoms with E-state index >= 15 is 0 Å². The summed E-state index contributed by atoms with van der Waals surface area (Å²) in [6, 6.07) is 4.53. The number of ether oxygens (including phenoxy) is 2. The second-order valence-corrected chi connectivity index (χ2v) is 9.09. The first-order valence-corrected chi connectivity index (χ1v) is 11.3. The minimum atomic E-state index is -0.757. The van der Waals surface area contributed by atoms with E-state index in [1.54, 1.807) is 50.7 Å². The van der Waals surface area contributed by atoms with Gasteiger partial charge in [0.25, 0.3) is 11.5 Å². The van der Waals surface area contributed by atoms with Gasteiger partial charge in [-0.05, 0) is 49.8 Å². The van der Waals surface area contributed by atoms with E-state index in [1.165, 1.54) is 22.0 Å². The average molecular weight is 455 g/mol. The van der Waals surface area contributed by atoms with Gasteiger partial charge in [-0.1, -0.05) is 6.92 Å². The summed E-state index contributed by atoms with van der Waals surface area (Å²) in [7, 11) is 3.12. The molecular weight excluding hydrogens is 428 g/mol. The number of aromatic nitrogens is 2. The lowest BCUT2D eigenvalue weighted by Crippen LogP contribution is -2.34. The molecule has 2 atom stereocenters. The minimum absolute atomic E-state index is 0.175. The number of rotatable bonds is 6. The van der Waals surface area contributed by atoms with Crippen molar-refractivity contribution in [2.75, 3.05) is 14.2 Å². The Morgan fingerprint density at radius 2 is 2.19 bits per heavy atom. The van der Waals surface area contributed by atoms with Gasteiger partial charge in [-0.25, -0.2) is 10.4 Å². The summed E-state index contributed by atoms with van der Waals surface area (Å²) in [5.41, 5.74) is 4.11. The maximum Gasteiger partial charge on any atom is 0.263 e. The van der Waals surface area contributed by atoms with E-state index in [1.807, 2.05) is 0 Å². The van der Waals surface area contributed by atoms with Gasteiger partial charge in [0.15, 0.2) is 0 Å². The lowest BCUT2D eigenvalue weighted by atomic mass is 9.89. The molecule has 1 amide bonds. The number of aryl methyl sites for hydroxylation is 1. The lowest BCUT2D eigenvalue weighted by Gasteiger charge is -2.18. The first-order chi connectivity index (χ1) is 15.4. The molecule has 0 spiro atoms. The van der Waals surface area contributed by atoms with Crippen LogP contribution < -0.4 is 20.5 Å². The van der Waals surface area contributed by atoms with Crippen LogP contribution >= 0.6 is 11.3 Å². The molecule has 8 nitrogen and oxygen atoms in total. The van der Waals surface area contributed by atoms with Crippen molar-refractivity contribution in [3.8, 4) is 11.5 Å². The Morgan fingerprint density at radius 1 is 1.38 bits per heavy atom. The SMILES string of the molecule is COc1ccc(/C=N/NC(=O)[C@@H](C)n2cnc3sc4c(c3c2=O)CC[C@@H](C)C4)c(OC)c1. The molecule has 0 saturated heterocycles. The maximum absolute atomic E-state index is 13.2. The number of fused-ring (bicyclic) bond motifs is 3. The molecule has 32 heavy (non-hydrogen) atoms. The molecule has 3 aromatic rings. The molecule has 168 valence electrons. The second-order valence-electron chi connectivity index (χ2n) is 8.01. The molecule has 4 rings (SSSR count). The normalized spacial score (nSPS) is 16.7. The molecule has 0 radical (unpaired) electrons.